The molecule has 0 aromatic heterocycles. The van der Waals surface area contributed by atoms with Gasteiger partial charge in [0.25, 0.3) is 15.9 Å². The molecular weight excluding hydrogens is 464 g/mol. The zero-order valence-electron chi connectivity index (χ0n) is 20.7. The minimum Gasteiger partial charge on any atom is -0.508 e. The molecule has 35 heavy (non-hydrogen) atoms. The average Bonchev–Trinajstić information content (AvgIpc) is 2.80. The van der Waals surface area contributed by atoms with Crippen molar-refractivity contribution in [1.82, 2.24) is 4.90 Å². The topological polar surface area (TPSA) is 107 Å². The van der Waals surface area contributed by atoms with Crippen LogP contribution in [0.1, 0.15) is 51.2 Å². The Morgan fingerprint density at radius 1 is 0.971 bits per heavy atom. The zero-order chi connectivity index (χ0) is 25.9. The van der Waals surface area contributed by atoms with Crippen LogP contribution in [-0.2, 0) is 10.0 Å². The summed E-state index contributed by atoms with van der Waals surface area (Å²) in [6.45, 7) is 9.34. The average molecular weight is 497 g/mol. The molecule has 0 radical (unpaired) electrons. The molecule has 0 aliphatic heterocycles. The fourth-order valence-electron chi connectivity index (χ4n) is 4.11. The molecule has 3 aromatic rings. The van der Waals surface area contributed by atoms with E-state index in [-0.39, 0.29) is 28.4 Å². The summed E-state index contributed by atoms with van der Waals surface area (Å²) in [6, 6.07) is 14.6. The number of para-hydroxylation sites is 1. The number of nitrogens with one attached hydrogen (secondary N) is 1. The van der Waals surface area contributed by atoms with E-state index in [1.54, 1.807) is 57.2 Å². The van der Waals surface area contributed by atoms with E-state index in [4.69, 9.17) is 0 Å². The molecule has 0 unspecified atom stereocenters. The van der Waals surface area contributed by atoms with E-state index in [1.807, 2.05) is 19.9 Å². The summed E-state index contributed by atoms with van der Waals surface area (Å²) < 4.78 is 29.5. The van der Waals surface area contributed by atoms with Crippen LogP contribution in [0.25, 0.3) is 0 Å². The summed E-state index contributed by atoms with van der Waals surface area (Å²) in [7, 11) is -3.98. The molecule has 0 heterocycles. The molecule has 0 fully saturated rings. The quantitative estimate of drug-likeness (QED) is 0.422. The van der Waals surface area contributed by atoms with E-state index in [2.05, 4.69) is 4.72 Å². The van der Waals surface area contributed by atoms with Gasteiger partial charge in [-0.25, -0.2) is 8.42 Å². The number of hydrogen-bond acceptors (Lipinski definition) is 5. The summed E-state index contributed by atoms with van der Waals surface area (Å²) in [6.07, 6.45) is -1.02. The van der Waals surface area contributed by atoms with Crippen LogP contribution in [0.4, 0.5) is 5.69 Å². The highest BCUT2D eigenvalue weighted by Crippen LogP contribution is 2.29. The molecule has 1 atom stereocenters. The van der Waals surface area contributed by atoms with E-state index < -0.39 is 22.0 Å². The molecule has 3 aromatic carbocycles. The van der Waals surface area contributed by atoms with Gasteiger partial charge in [-0.15, -0.1) is 0 Å². The number of aryl methyl sites for hydroxylation is 2. The number of hydrogen-bond donors (Lipinski definition) is 3. The van der Waals surface area contributed by atoms with E-state index in [1.165, 1.54) is 17.0 Å². The molecule has 1 amide bonds. The highest BCUT2D eigenvalue weighted by Gasteiger charge is 2.26. The van der Waals surface area contributed by atoms with E-state index in [9.17, 15) is 23.4 Å². The van der Waals surface area contributed by atoms with Crippen molar-refractivity contribution in [2.24, 2.45) is 0 Å². The molecule has 3 rings (SSSR count). The number of nitrogens with zero attached hydrogens (tertiary/aromatic N) is 1. The maximum absolute atomic E-state index is 13.5. The predicted octanol–water partition coefficient (Wildman–Crippen LogP) is 4.62. The van der Waals surface area contributed by atoms with Crippen LogP contribution < -0.4 is 4.72 Å². The van der Waals surface area contributed by atoms with Crippen LogP contribution >= 0.6 is 0 Å². The maximum atomic E-state index is 13.5. The number of aliphatic hydroxyl groups is 1. The van der Waals surface area contributed by atoms with Gasteiger partial charge in [0.2, 0.25) is 0 Å². The van der Waals surface area contributed by atoms with Crippen LogP contribution in [-0.4, -0.2) is 42.5 Å². The Hall–Kier alpha value is -3.36. The summed E-state index contributed by atoms with van der Waals surface area (Å²) in [5.41, 5.74) is 3.89. The second-order valence-corrected chi connectivity index (χ2v) is 10.3. The highest BCUT2D eigenvalue weighted by atomic mass is 32.2. The smallest absolute Gasteiger partial charge is 0.262 e. The Morgan fingerprint density at radius 2 is 1.60 bits per heavy atom. The molecule has 8 heteroatoms. The minimum atomic E-state index is -3.98. The first-order chi connectivity index (χ1) is 16.5. The summed E-state index contributed by atoms with van der Waals surface area (Å²) in [5.74, 6) is -0.397. The van der Waals surface area contributed by atoms with Crippen LogP contribution in [0.5, 0.6) is 5.75 Å². The number of benzene rings is 3. The third-order valence-electron chi connectivity index (χ3n) is 6.28. The molecule has 0 spiro atoms. The third-order valence-corrected chi connectivity index (χ3v) is 7.92. The van der Waals surface area contributed by atoms with Crippen LogP contribution in [0.3, 0.4) is 0 Å². The number of aliphatic hydroxyl groups excluding tert-OH is 1. The first-order valence-electron chi connectivity index (χ1n) is 11.4. The lowest BCUT2D eigenvalue weighted by Crippen LogP contribution is -2.35. The summed E-state index contributed by atoms with van der Waals surface area (Å²) in [4.78, 5) is 15.1. The third kappa shape index (κ3) is 5.66. The van der Waals surface area contributed by atoms with Crippen molar-refractivity contribution in [1.29, 1.82) is 0 Å². The van der Waals surface area contributed by atoms with Crippen molar-refractivity contribution in [3.05, 3.63) is 88.0 Å². The van der Waals surface area contributed by atoms with Gasteiger partial charge >= 0.3 is 0 Å². The van der Waals surface area contributed by atoms with Gasteiger partial charge in [0.05, 0.1) is 28.8 Å². The Bertz CT molecular complexity index is 1330. The van der Waals surface area contributed by atoms with Gasteiger partial charge in [-0.05, 0) is 86.7 Å². The molecular formula is C27H32N2O5S. The molecule has 186 valence electrons. The fraction of sp³-hybridized carbons (Fsp3) is 0.296. The lowest BCUT2D eigenvalue weighted by atomic mass is 10.0. The molecule has 0 aliphatic rings. The van der Waals surface area contributed by atoms with Crippen molar-refractivity contribution < 1.29 is 23.4 Å². The van der Waals surface area contributed by atoms with Crippen molar-refractivity contribution in [3.8, 4) is 5.75 Å². The van der Waals surface area contributed by atoms with Gasteiger partial charge in [0.1, 0.15) is 5.75 Å². The van der Waals surface area contributed by atoms with Gasteiger partial charge in [-0.3, -0.25) is 9.52 Å². The first kappa shape index (κ1) is 26.2. The standard InChI is InChI=1S/C27H32N2O5S/c1-6-29(16-25(31)21-10-9-11-22(30)15-21)27(32)23-12-7-8-13-24(23)28-35(33,34)26-19(4)17(2)14-18(3)20(26)5/h7-15,25,28,30-31H,6,16H2,1-5H3/t25-/m0/s1. The van der Waals surface area contributed by atoms with Gasteiger partial charge < -0.3 is 15.1 Å². The number of phenols is 1. The second kappa shape index (κ2) is 10.5. The Labute approximate surface area is 207 Å². The summed E-state index contributed by atoms with van der Waals surface area (Å²) in [5, 5.41) is 20.3. The SMILES string of the molecule is CCN(C[C@H](O)c1cccc(O)c1)C(=O)c1ccccc1NS(=O)(=O)c1c(C)c(C)cc(C)c1C. The minimum absolute atomic E-state index is 0.0187. The number of carbonyl (C=O) groups is 1. The number of carbonyl (C=O) groups excluding carboxylic acids is 1. The Kier molecular flexibility index (Phi) is 7.87. The largest absolute Gasteiger partial charge is 0.508 e. The van der Waals surface area contributed by atoms with E-state index in [0.29, 0.717) is 23.2 Å². The highest BCUT2D eigenvalue weighted by molar-refractivity contribution is 7.92. The Balaban J connectivity index is 1.93. The number of anilines is 1. The number of likely N-dealkylation sites (N-methyl/N-ethyl adjacent to an activating group) is 1. The predicted molar refractivity (Wildman–Crippen MR) is 137 cm³/mol. The second-order valence-electron chi connectivity index (χ2n) is 8.70. The van der Waals surface area contributed by atoms with Crippen LogP contribution in [0.2, 0.25) is 0 Å². The zero-order valence-corrected chi connectivity index (χ0v) is 21.5. The number of sulfonamides is 1. The van der Waals surface area contributed by atoms with E-state index >= 15 is 0 Å². The number of amides is 1. The maximum Gasteiger partial charge on any atom is 0.262 e. The van der Waals surface area contributed by atoms with Gasteiger partial charge in [0.15, 0.2) is 0 Å². The fourth-order valence-corrected chi connectivity index (χ4v) is 5.81. The molecule has 7 nitrogen and oxygen atoms in total. The molecule has 0 saturated heterocycles. The first-order valence-corrected chi connectivity index (χ1v) is 12.9. The lowest BCUT2D eigenvalue weighted by Gasteiger charge is -2.25. The monoisotopic (exact) mass is 496 g/mol. The van der Waals surface area contributed by atoms with Gasteiger partial charge in [-0.1, -0.05) is 30.3 Å². The lowest BCUT2D eigenvalue weighted by molar-refractivity contribution is 0.0636. The summed E-state index contributed by atoms with van der Waals surface area (Å²) >= 11 is 0. The number of rotatable bonds is 8. The number of aromatic hydroxyl groups is 1. The van der Waals surface area contributed by atoms with Crippen LogP contribution in [0, 0.1) is 27.7 Å². The van der Waals surface area contributed by atoms with Gasteiger partial charge in [0, 0.05) is 6.54 Å². The molecule has 0 bridgehead atoms. The van der Waals surface area contributed by atoms with Crippen molar-refractivity contribution in [2.45, 2.75) is 45.6 Å². The van der Waals surface area contributed by atoms with Crippen molar-refractivity contribution >= 4 is 21.6 Å². The Morgan fingerprint density at radius 3 is 2.20 bits per heavy atom. The molecule has 0 aliphatic carbocycles. The van der Waals surface area contributed by atoms with Gasteiger partial charge in [-0.2, -0.15) is 0 Å². The van der Waals surface area contributed by atoms with Crippen molar-refractivity contribution in [2.75, 3.05) is 17.8 Å². The number of phenolic OH excluding ortho intramolecular Hbond substituents is 1. The normalized spacial score (nSPS) is 12.3. The van der Waals surface area contributed by atoms with Crippen LogP contribution in [0.15, 0.2) is 59.5 Å². The van der Waals surface area contributed by atoms with Crippen molar-refractivity contribution in [3.63, 3.8) is 0 Å². The molecule has 3 N–H and O–H groups in total. The van der Waals surface area contributed by atoms with E-state index in [0.717, 1.165) is 11.1 Å². The molecule has 0 saturated carbocycles.